The zero-order valence-electron chi connectivity index (χ0n) is 9.24. The van der Waals surface area contributed by atoms with Gasteiger partial charge in [-0.25, -0.2) is 0 Å². The van der Waals surface area contributed by atoms with Crippen molar-refractivity contribution in [3.8, 4) is 5.75 Å². The Kier molecular flexibility index (Phi) is 4.76. The summed E-state index contributed by atoms with van der Waals surface area (Å²) < 4.78 is 5.72. The quantitative estimate of drug-likeness (QED) is 0.914. The molecule has 0 fully saturated rings. The van der Waals surface area contributed by atoms with E-state index < -0.39 is 0 Å². The number of ether oxygens (including phenoxy) is 1. The first-order valence-corrected chi connectivity index (χ1v) is 5.59. The summed E-state index contributed by atoms with van der Waals surface area (Å²) in [7, 11) is 3.22. The molecule has 0 aromatic heterocycles. The number of amides is 1. The zero-order chi connectivity index (χ0) is 12.1. The third-order valence-electron chi connectivity index (χ3n) is 2.19. The summed E-state index contributed by atoms with van der Waals surface area (Å²) in [5, 5.41) is 8.76. The average molecular weight is 288 g/mol. The molecule has 0 atom stereocenters. The highest BCUT2D eigenvalue weighted by molar-refractivity contribution is 9.10. The van der Waals surface area contributed by atoms with Gasteiger partial charge in [0, 0.05) is 18.1 Å². The van der Waals surface area contributed by atoms with Crippen molar-refractivity contribution in [1.82, 2.24) is 4.90 Å². The Morgan fingerprint density at radius 2 is 2.25 bits per heavy atom. The highest BCUT2D eigenvalue weighted by Gasteiger charge is 2.14. The van der Waals surface area contributed by atoms with Crippen molar-refractivity contribution >= 4 is 21.8 Å². The standard InChI is InChI=1S/C11H14BrNO3/c1-13(5-6-14)11(15)9-4-3-8(16-2)7-10(9)12/h3-4,7,14H,5-6H2,1-2H3. The molecule has 4 nitrogen and oxygen atoms in total. The number of aliphatic hydroxyl groups excluding tert-OH is 1. The summed E-state index contributed by atoms with van der Waals surface area (Å²) in [6, 6.07) is 5.16. The van der Waals surface area contributed by atoms with E-state index in [1.54, 1.807) is 32.4 Å². The minimum absolute atomic E-state index is 0.0456. The lowest BCUT2D eigenvalue weighted by Crippen LogP contribution is -2.29. The van der Waals surface area contributed by atoms with Gasteiger partial charge in [-0.1, -0.05) is 0 Å². The second-order valence-corrected chi connectivity index (χ2v) is 4.15. The number of carbonyl (C=O) groups is 1. The van der Waals surface area contributed by atoms with Crippen LogP contribution in [0.5, 0.6) is 5.75 Å². The first-order chi connectivity index (χ1) is 7.60. The van der Waals surface area contributed by atoms with Crippen LogP contribution in [0, 0.1) is 0 Å². The van der Waals surface area contributed by atoms with Crippen LogP contribution in [0.2, 0.25) is 0 Å². The molecule has 0 saturated carbocycles. The fourth-order valence-corrected chi connectivity index (χ4v) is 1.78. The first-order valence-electron chi connectivity index (χ1n) is 4.80. The van der Waals surface area contributed by atoms with E-state index in [-0.39, 0.29) is 12.5 Å². The van der Waals surface area contributed by atoms with E-state index in [1.807, 2.05) is 0 Å². The Labute approximate surface area is 103 Å². The fraction of sp³-hybridized carbons (Fsp3) is 0.364. The van der Waals surface area contributed by atoms with Gasteiger partial charge < -0.3 is 14.7 Å². The summed E-state index contributed by atoms with van der Waals surface area (Å²) >= 11 is 3.32. The minimum atomic E-state index is -0.136. The second-order valence-electron chi connectivity index (χ2n) is 3.30. The highest BCUT2D eigenvalue weighted by Crippen LogP contribution is 2.23. The summed E-state index contributed by atoms with van der Waals surface area (Å²) in [6.45, 7) is 0.271. The maximum atomic E-state index is 11.9. The smallest absolute Gasteiger partial charge is 0.254 e. The molecule has 0 spiro atoms. The molecule has 88 valence electrons. The van der Waals surface area contributed by atoms with E-state index >= 15 is 0 Å². The monoisotopic (exact) mass is 287 g/mol. The Morgan fingerprint density at radius 1 is 1.56 bits per heavy atom. The van der Waals surface area contributed by atoms with Crippen LogP contribution in [-0.4, -0.2) is 43.2 Å². The molecule has 1 aromatic carbocycles. The number of carbonyl (C=O) groups excluding carboxylic acids is 1. The van der Waals surface area contributed by atoms with Gasteiger partial charge >= 0.3 is 0 Å². The normalized spacial score (nSPS) is 10.0. The number of rotatable bonds is 4. The fourth-order valence-electron chi connectivity index (χ4n) is 1.25. The maximum absolute atomic E-state index is 11.9. The Bertz CT molecular complexity index is 381. The lowest BCUT2D eigenvalue weighted by atomic mass is 10.2. The highest BCUT2D eigenvalue weighted by atomic mass is 79.9. The topological polar surface area (TPSA) is 49.8 Å². The van der Waals surface area contributed by atoms with Crippen molar-refractivity contribution in [3.05, 3.63) is 28.2 Å². The SMILES string of the molecule is COc1ccc(C(=O)N(C)CCO)c(Br)c1. The molecule has 0 radical (unpaired) electrons. The van der Waals surface area contributed by atoms with Crippen molar-refractivity contribution < 1.29 is 14.6 Å². The number of halogens is 1. The number of likely N-dealkylation sites (N-methyl/N-ethyl adjacent to an activating group) is 1. The molecular weight excluding hydrogens is 274 g/mol. The van der Waals surface area contributed by atoms with Gasteiger partial charge in [0.05, 0.1) is 19.3 Å². The molecule has 0 bridgehead atoms. The molecule has 0 aliphatic carbocycles. The van der Waals surface area contributed by atoms with Gasteiger partial charge in [0.2, 0.25) is 0 Å². The number of benzene rings is 1. The Morgan fingerprint density at radius 3 is 2.75 bits per heavy atom. The van der Waals surface area contributed by atoms with Crippen LogP contribution in [0.25, 0.3) is 0 Å². The molecule has 5 heteroatoms. The van der Waals surface area contributed by atoms with E-state index in [9.17, 15) is 4.79 Å². The van der Waals surface area contributed by atoms with Gasteiger partial charge in [0.25, 0.3) is 5.91 Å². The average Bonchev–Trinajstić information content (AvgIpc) is 2.28. The van der Waals surface area contributed by atoms with Crippen molar-refractivity contribution in [2.75, 3.05) is 27.3 Å². The minimum Gasteiger partial charge on any atom is -0.497 e. The van der Waals surface area contributed by atoms with E-state index in [0.717, 1.165) is 0 Å². The number of hydrogen-bond donors (Lipinski definition) is 1. The van der Waals surface area contributed by atoms with Gasteiger partial charge in [0.15, 0.2) is 0 Å². The molecule has 0 aliphatic rings. The number of aliphatic hydroxyl groups is 1. The molecule has 1 rings (SSSR count). The predicted molar refractivity (Wildman–Crippen MR) is 64.7 cm³/mol. The van der Waals surface area contributed by atoms with Crippen LogP contribution in [0.15, 0.2) is 22.7 Å². The van der Waals surface area contributed by atoms with Crippen LogP contribution in [-0.2, 0) is 0 Å². The van der Waals surface area contributed by atoms with E-state index in [0.29, 0.717) is 22.3 Å². The van der Waals surface area contributed by atoms with Crippen molar-refractivity contribution in [2.24, 2.45) is 0 Å². The largest absolute Gasteiger partial charge is 0.497 e. The molecule has 0 unspecified atom stereocenters. The van der Waals surface area contributed by atoms with Gasteiger partial charge in [-0.05, 0) is 34.1 Å². The lowest BCUT2D eigenvalue weighted by molar-refractivity contribution is 0.0766. The number of methoxy groups -OCH3 is 1. The third kappa shape index (κ3) is 2.96. The molecule has 0 saturated heterocycles. The third-order valence-corrected chi connectivity index (χ3v) is 2.84. The summed E-state index contributed by atoms with van der Waals surface area (Å²) in [6.07, 6.45) is 0. The van der Waals surface area contributed by atoms with Gasteiger partial charge in [-0.15, -0.1) is 0 Å². The van der Waals surface area contributed by atoms with E-state index in [4.69, 9.17) is 9.84 Å². The van der Waals surface area contributed by atoms with Gasteiger partial charge in [-0.3, -0.25) is 4.79 Å². The first kappa shape index (κ1) is 13.0. The lowest BCUT2D eigenvalue weighted by Gasteiger charge is -2.16. The molecular formula is C11H14BrNO3. The van der Waals surface area contributed by atoms with Gasteiger partial charge in [-0.2, -0.15) is 0 Å². The maximum Gasteiger partial charge on any atom is 0.254 e. The second kappa shape index (κ2) is 5.86. The van der Waals surface area contributed by atoms with Gasteiger partial charge in [0.1, 0.15) is 5.75 Å². The van der Waals surface area contributed by atoms with Crippen LogP contribution < -0.4 is 4.74 Å². The number of hydrogen-bond acceptors (Lipinski definition) is 3. The zero-order valence-corrected chi connectivity index (χ0v) is 10.8. The van der Waals surface area contributed by atoms with Crippen molar-refractivity contribution in [2.45, 2.75) is 0 Å². The summed E-state index contributed by atoms with van der Waals surface area (Å²) in [4.78, 5) is 13.4. The van der Waals surface area contributed by atoms with Crippen LogP contribution >= 0.6 is 15.9 Å². The van der Waals surface area contributed by atoms with E-state index in [1.165, 1.54) is 4.90 Å². The molecule has 1 N–H and O–H groups in total. The molecule has 1 aromatic rings. The van der Waals surface area contributed by atoms with Crippen molar-refractivity contribution in [3.63, 3.8) is 0 Å². The van der Waals surface area contributed by atoms with Crippen molar-refractivity contribution in [1.29, 1.82) is 0 Å². The predicted octanol–water partition coefficient (Wildman–Crippen LogP) is 1.52. The molecule has 16 heavy (non-hydrogen) atoms. The summed E-state index contributed by atoms with van der Waals surface area (Å²) in [5.74, 6) is 0.553. The molecule has 0 heterocycles. The van der Waals surface area contributed by atoms with E-state index in [2.05, 4.69) is 15.9 Å². The van der Waals surface area contributed by atoms with Crippen LogP contribution in [0.1, 0.15) is 10.4 Å². The molecule has 1 amide bonds. The van der Waals surface area contributed by atoms with Crippen LogP contribution in [0.4, 0.5) is 0 Å². The Balaban J connectivity index is 2.91. The Hall–Kier alpha value is -1.07. The summed E-state index contributed by atoms with van der Waals surface area (Å²) in [5.41, 5.74) is 0.553. The molecule has 0 aliphatic heterocycles. The number of nitrogens with zero attached hydrogens (tertiary/aromatic N) is 1. The van der Waals surface area contributed by atoms with Crippen LogP contribution in [0.3, 0.4) is 0 Å².